The van der Waals surface area contributed by atoms with Gasteiger partial charge in [0.1, 0.15) is 6.10 Å². The minimum Gasteiger partial charge on any atom is -0.454 e. The van der Waals surface area contributed by atoms with Gasteiger partial charge in [0, 0.05) is 5.56 Å². The number of rotatable bonds is 3. The Kier molecular flexibility index (Phi) is 4.40. The first-order chi connectivity index (χ1) is 15.9. The summed E-state index contributed by atoms with van der Waals surface area (Å²) in [5.74, 6) is 1.54. The molecule has 8 nitrogen and oxygen atoms in total. The SMILES string of the molecule is FC(F)(F)c1cccc(-c2noc(-c3cc4n(n3)CC(c3ccc5c(c3)OCO5)OC4)n2)c1. The van der Waals surface area contributed by atoms with Gasteiger partial charge in [-0.3, -0.25) is 4.68 Å². The molecule has 0 fully saturated rings. The predicted molar refractivity (Wildman–Crippen MR) is 106 cm³/mol. The Morgan fingerprint density at radius 3 is 2.76 bits per heavy atom. The number of nitrogens with zero attached hydrogens (tertiary/aromatic N) is 4. The van der Waals surface area contributed by atoms with Gasteiger partial charge in [0.05, 0.1) is 24.4 Å². The van der Waals surface area contributed by atoms with Crippen LogP contribution in [0.1, 0.15) is 22.9 Å². The second kappa shape index (κ2) is 7.34. The molecule has 0 bridgehead atoms. The molecule has 2 aliphatic heterocycles. The van der Waals surface area contributed by atoms with Gasteiger partial charge in [-0.05, 0) is 35.9 Å². The highest BCUT2D eigenvalue weighted by Gasteiger charge is 2.31. The summed E-state index contributed by atoms with van der Waals surface area (Å²) in [4.78, 5) is 4.24. The van der Waals surface area contributed by atoms with Gasteiger partial charge in [0.15, 0.2) is 17.2 Å². The summed E-state index contributed by atoms with van der Waals surface area (Å²) in [6.45, 7) is 0.980. The van der Waals surface area contributed by atoms with Crippen LogP contribution in [0, 0.1) is 0 Å². The molecule has 0 saturated heterocycles. The smallest absolute Gasteiger partial charge is 0.416 e. The standard InChI is InChI=1S/C22H15F3N4O4/c23-22(24,25)14-3-1-2-13(6-14)20-26-21(33-28-20)16-8-15-10-30-19(9-29(15)27-16)12-4-5-17-18(7-12)32-11-31-17/h1-8,19H,9-11H2. The lowest BCUT2D eigenvalue weighted by Gasteiger charge is -2.24. The lowest BCUT2D eigenvalue weighted by Crippen LogP contribution is -2.21. The Morgan fingerprint density at radius 2 is 1.88 bits per heavy atom. The Labute approximate surface area is 184 Å². The summed E-state index contributed by atoms with van der Waals surface area (Å²) >= 11 is 0. The van der Waals surface area contributed by atoms with Crippen molar-refractivity contribution >= 4 is 0 Å². The van der Waals surface area contributed by atoms with Crippen molar-refractivity contribution in [2.24, 2.45) is 0 Å². The quantitative estimate of drug-likeness (QED) is 0.445. The van der Waals surface area contributed by atoms with Gasteiger partial charge < -0.3 is 18.7 Å². The molecule has 0 amide bonds. The van der Waals surface area contributed by atoms with E-state index in [0.29, 0.717) is 30.3 Å². The molecular weight excluding hydrogens is 441 g/mol. The zero-order valence-corrected chi connectivity index (χ0v) is 16.9. The monoisotopic (exact) mass is 456 g/mol. The van der Waals surface area contributed by atoms with Gasteiger partial charge in [-0.1, -0.05) is 23.4 Å². The van der Waals surface area contributed by atoms with E-state index in [1.807, 2.05) is 18.2 Å². The summed E-state index contributed by atoms with van der Waals surface area (Å²) in [6, 6.07) is 12.2. The minimum absolute atomic E-state index is 0.0524. The van der Waals surface area contributed by atoms with Crippen molar-refractivity contribution in [2.75, 3.05) is 6.79 Å². The predicted octanol–water partition coefficient (Wildman–Crippen LogP) is 4.62. The highest BCUT2D eigenvalue weighted by Crippen LogP contribution is 2.37. The summed E-state index contributed by atoms with van der Waals surface area (Å²) in [5.41, 5.74) is 1.60. The van der Waals surface area contributed by atoms with E-state index < -0.39 is 11.7 Å². The summed E-state index contributed by atoms with van der Waals surface area (Å²) in [5, 5.41) is 8.37. The molecule has 6 rings (SSSR count). The first-order valence-electron chi connectivity index (χ1n) is 10.0. The third kappa shape index (κ3) is 3.59. The lowest BCUT2D eigenvalue weighted by molar-refractivity contribution is -0.137. The molecule has 0 saturated carbocycles. The van der Waals surface area contributed by atoms with Crippen molar-refractivity contribution in [1.82, 2.24) is 19.9 Å². The fraction of sp³-hybridized carbons (Fsp3) is 0.227. The molecule has 11 heteroatoms. The van der Waals surface area contributed by atoms with E-state index in [1.165, 1.54) is 12.1 Å². The van der Waals surface area contributed by atoms with Crippen LogP contribution in [0.2, 0.25) is 0 Å². The number of halogens is 3. The van der Waals surface area contributed by atoms with Crippen molar-refractivity contribution in [3.63, 3.8) is 0 Å². The summed E-state index contributed by atoms with van der Waals surface area (Å²) < 4.78 is 62.9. The minimum atomic E-state index is -4.46. The number of alkyl halides is 3. The normalized spacial score (nSPS) is 17.2. The highest BCUT2D eigenvalue weighted by atomic mass is 19.4. The number of ether oxygens (including phenoxy) is 3. The van der Waals surface area contributed by atoms with Crippen LogP contribution in [0.15, 0.2) is 53.1 Å². The fourth-order valence-corrected chi connectivity index (χ4v) is 3.82. The maximum atomic E-state index is 13.0. The molecule has 2 aromatic heterocycles. The second-order valence-electron chi connectivity index (χ2n) is 7.62. The van der Waals surface area contributed by atoms with Crippen LogP contribution in [0.4, 0.5) is 13.2 Å². The van der Waals surface area contributed by atoms with Gasteiger partial charge in [-0.2, -0.15) is 23.3 Å². The van der Waals surface area contributed by atoms with Crippen molar-refractivity contribution in [3.8, 4) is 34.5 Å². The van der Waals surface area contributed by atoms with Gasteiger partial charge in [-0.25, -0.2) is 0 Å². The molecule has 1 unspecified atom stereocenters. The van der Waals surface area contributed by atoms with Crippen LogP contribution >= 0.6 is 0 Å². The largest absolute Gasteiger partial charge is 0.454 e. The van der Waals surface area contributed by atoms with Crippen molar-refractivity contribution < 1.29 is 31.9 Å². The molecule has 168 valence electrons. The number of hydrogen-bond acceptors (Lipinski definition) is 7. The van der Waals surface area contributed by atoms with Crippen LogP contribution < -0.4 is 9.47 Å². The van der Waals surface area contributed by atoms with E-state index >= 15 is 0 Å². The first kappa shape index (κ1) is 19.8. The number of aromatic nitrogens is 4. The molecule has 0 radical (unpaired) electrons. The van der Waals surface area contributed by atoms with E-state index in [-0.39, 0.29) is 30.2 Å². The molecule has 2 aromatic carbocycles. The van der Waals surface area contributed by atoms with Crippen LogP contribution in [0.5, 0.6) is 11.5 Å². The topological polar surface area (TPSA) is 84.4 Å². The Balaban J connectivity index is 1.24. The van der Waals surface area contributed by atoms with E-state index in [1.54, 1.807) is 10.7 Å². The maximum Gasteiger partial charge on any atom is 0.416 e. The molecule has 1 atom stereocenters. The Morgan fingerprint density at radius 1 is 1.00 bits per heavy atom. The molecule has 0 spiro atoms. The number of fused-ring (bicyclic) bond motifs is 2. The average Bonchev–Trinajstić information content (AvgIpc) is 3.56. The number of benzene rings is 2. The maximum absolute atomic E-state index is 13.0. The van der Waals surface area contributed by atoms with Gasteiger partial charge in [0.25, 0.3) is 5.89 Å². The van der Waals surface area contributed by atoms with Crippen molar-refractivity contribution in [3.05, 3.63) is 65.4 Å². The van der Waals surface area contributed by atoms with Crippen LogP contribution in [0.25, 0.3) is 23.0 Å². The lowest BCUT2D eigenvalue weighted by atomic mass is 10.1. The molecule has 4 heterocycles. The molecule has 2 aliphatic rings. The Bertz CT molecular complexity index is 1350. The molecule has 0 aliphatic carbocycles. The van der Waals surface area contributed by atoms with Gasteiger partial charge in [0.2, 0.25) is 12.6 Å². The van der Waals surface area contributed by atoms with E-state index in [2.05, 4.69) is 15.2 Å². The third-order valence-corrected chi connectivity index (χ3v) is 5.50. The molecule has 4 aromatic rings. The highest BCUT2D eigenvalue weighted by molar-refractivity contribution is 5.59. The molecule has 33 heavy (non-hydrogen) atoms. The fourth-order valence-electron chi connectivity index (χ4n) is 3.82. The van der Waals surface area contributed by atoms with Crippen LogP contribution in [0.3, 0.4) is 0 Å². The van der Waals surface area contributed by atoms with Crippen molar-refractivity contribution in [1.29, 1.82) is 0 Å². The zero-order chi connectivity index (χ0) is 22.6. The van der Waals surface area contributed by atoms with Gasteiger partial charge in [-0.15, -0.1) is 0 Å². The van der Waals surface area contributed by atoms with Gasteiger partial charge >= 0.3 is 6.18 Å². The molecule has 0 N–H and O–H groups in total. The summed E-state index contributed by atoms with van der Waals surface area (Å²) in [6.07, 6.45) is -4.69. The van der Waals surface area contributed by atoms with E-state index in [9.17, 15) is 13.2 Å². The second-order valence-corrected chi connectivity index (χ2v) is 7.62. The van der Waals surface area contributed by atoms with E-state index in [0.717, 1.165) is 23.4 Å². The molecular formula is C22H15F3N4O4. The zero-order valence-electron chi connectivity index (χ0n) is 16.9. The van der Waals surface area contributed by atoms with E-state index in [4.69, 9.17) is 18.7 Å². The number of hydrogen-bond donors (Lipinski definition) is 0. The third-order valence-electron chi connectivity index (χ3n) is 5.50. The van der Waals surface area contributed by atoms with Crippen LogP contribution in [-0.2, 0) is 24.1 Å². The average molecular weight is 456 g/mol. The van der Waals surface area contributed by atoms with Crippen LogP contribution in [-0.4, -0.2) is 26.7 Å². The Hall–Kier alpha value is -3.86. The first-order valence-corrected chi connectivity index (χ1v) is 10.0. The van der Waals surface area contributed by atoms with Crippen molar-refractivity contribution in [2.45, 2.75) is 25.4 Å². The summed E-state index contributed by atoms with van der Waals surface area (Å²) in [7, 11) is 0.